The van der Waals surface area contributed by atoms with Crippen LogP contribution in [0.2, 0.25) is 0 Å². The number of rotatable bonds is 5. The third-order valence-electron chi connectivity index (χ3n) is 2.98. The smallest absolute Gasteiger partial charge is 0.259 e. The number of halogens is 1. The summed E-state index contributed by atoms with van der Waals surface area (Å²) < 4.78 is 18.3. The van der Waals surface area contributed by atoms with Crippen LogP contribution in [0.4, 0.5) is 4.39 Å². The van der Waals surface area contributed by atoms with Crippen LogP contribution >= 0.6 is 0 Å². The SMILES string of the molecule is CC(C)[C@@](C)(C#N)NC(=O)COc1ccccc1F. The molecule has 0 aliphatic carbocycles. The maximum absolute atomic E-state index is 13.3. The molecule has 1 aromatic carbocycles. The van der Waals surface area contributed by atoms with Crippen LogP contribution in [0.5, 0.6) is 5.75 Å². The first-order chi connectivity index (χ1) is 8.89. The van der Waals surface area contributed by atoms with Crippen molar-refractivity contribution in [3.8, 4) is 11.8 Å². The molecule has 4 nitrogen and oxygen atoms in total. The lowest BCUT2D eigenvalue weighted by Gasteiger charge is -2.27. The third kappa shape index (κ3) is 3.95. The Morgan fingerprint density at radius 1 is 1.53 bits per heavy atom. The first-order valence-electron chi connectivity index (χ1n) is 5.98. The lowest BCUT2D eigenvalue weighted by atomic mass is 9.90. The summed E-state index contributed by atoms with van der Waals surface area (Å²) in [5.74, 6) is -1.01. The lowest BCUT2D eigenvalue weighted by molar-refractivity contribution is -0.124. The fraction of sp³-hybridized carbons (Fsp3) is 0.429. The Balaban J connectivity index is 2.58. The van der Waals surface area contributed by atoms with E-state index in [2.05, 4.69) is 11.4 Å². The zero-order valence-electron chi connectivity index (χ0n) is 11.2. The van der Waals surface area contributed by atoms with Gasteiger partial charge >= 0.3 is 0 Å². The molecule has 0 saturated carbocycles. The van der Waals surface area contributed by atoms with E-state index in [0.29, 0.717) is 0 Å². The highest BCUT2D eigenvalue weighted by atomic mass is 19.1. The summed E-state index contributed by atoms with van der Waals surface area (Å²) in [7, 11) is 0. The van der Waals surface area contributed by atoms with E-state index in [1.807, 2.05) is 13.8 Å². The highest BCUT2D eigenvalue weighted by Crippen LogP contribution is 2.16. The number of nitriles is 1. The van der Waals surface area contributed by atoms with Gasteiger partial charge in [-0.2, -0.15) is 5.26 Å². The van der Waals surface area contributed by atoms with Crippen molar-refractivity contribution in [2.24, 2.45) is 5.92 Å². The van der Waals surface area contributed by atoms with Gasteiger partial charge in [0.1, 0.15) is 5.54 Å². The maximum atomic E-state index is 13.3. The van der Waals surface area contributed by atoms with Crippen molar-refractivity contribution in [2.45, 2.75) is 26.3 Å². The second-order valence-electron chi connectivity index (χ2n) is 4.74. The molecule has 0 aliphatic rings. The Morgan fingerprint density at radius 3 is 2.68 bits per heavy atom. The zero-order chi connectivity index (χ0) is 14.5. The first-order valence-corrected chi connectivity index (χ1v) is 5.98. The van der Waals surface area contributed by atoms with Gasteiger partial charge in [-0.25, -0.2) is 4.39 Å². The average molecular weight is 264 g/mol. The molecule has 1 aromatic rings. The summed E-state index contributed by atoms with van der Waals surface area (Å²) in [4.78, 5) is 11.7. The van der Waals surface area contributed by atoms with E-state index in [0.717, 1.165) is 0 Å². The Morgan fingerprint density at radius 2 is 2.16 bits per heavy atom. The molecule has 102 valence electrons. The topological polar surface area (TPSA) is 62.1 Å². The minimum Gasteiger partial charge on any atom is -0.481 e. The van der Waals surface area contributed by atoms with Gasteiger partial charge in [0.15, 0.2) is 18.2 Å². The molecule has 0 radical (unpaired) electrons. The standard InChI is InChI=1S/C14H17FN2O2/c1-10(2)14(3,9-16)17-13(18)8-19-12-7-5-4-6-11(12)15/h4-7,10H,8H2,1-3H3,(H,17,18)/t14-/m1/s1. The minimum atomic E-state index is -0.963. The molecule has 1 N–H and O–H groups in total. The molecule has 0 heterocycles. The van der Waals surface area contributed by atoms with Gasteiger partial charge in [-0.15, -0.1) is 0 Å². The predicted molar refractivity (Wildman–Crippen MR) is 68.9 cm³/mol. The van der Waals surface area contributed by atoms with E-state index in [1.165, 1.54) is 18.2 Å². The molecule has 5 heteroatoms. The van der Waals surface area contributed by atoms with Gasteiger partial charge in [-0.1, -0.05) is 26.0 Å². The molecule has 0 spiro atoms. The first kappa shape index (κ1) is 15.0. The number of carbonyl (C=O) groups is 1. The molecule has 19 heavy (non-hydrogen) atoms. The molecule has 0 saturated heterocycles. The monoisotopic (exact) mass is 264 g/mol. The van der Waals surface area contributed by atoms with Gasteiger partial charge in [0, 0.05) is 0 Å². The summed E-state index contributed by atoms with van der Waals surface area (Å²) in [6.07, 6.45) is 0. The fourth-order valence-corrected chi connectivity index (χ4v) is 1.33. The van der Waals surface area contributed by atoms with Gasteiger partial charge in [0.2, 0.25) is 0 Å². The van der Waals surface area contributed by atoms with Crippen LogP contribution in [0.1, 0.15) is 20.8 Å². The molecule has 0 fully saturated rings. The lowest BCUT2D eigenvalue weighted by Crippen LogP contribution is -2.50. The summed E-state index contributed by atoms with van der Waals surface area (Å²) in [5, 5.41) is 11.7. The van der Waals surface area contributed by atoms with Crippen LogP contribution in [0.3, 0.4) is 0 Å². The van der Waals surface area contributed by atoms with Gasteiger partial charge in [0.25, 0.3) is 5.91 Å². The summed E-state index contributed by atoms with van der Waals surface area (Å²) in [6.45, 7) is 4.98. The second kappa shape index (κ2) is 6.19. The van der Waals surface area contributed by atoms with Gasteiger partial charge in [0.05, 0.1) is 6.07 Å². The molecule has 0 unspecified atom stereocenters. The Kier molecular flexibility index (Phi) is 4.87. The zero-order valence-corrected chi connectivity index (χ0v) is 11.2. The van der Waals surface area contributed by atoms with E-state index in [-0.39, 0.29) is 18.3 Å². The molecule has 0 aromatic heterocycles. The normalized spacial score (nSPS) is 13.5. The number of hydrogen-bond acceptors (Lipinski definition) is 3. The maximum Gasteiger partial charge on any atom is 0.259 e. The quantitative estimate of drug-likeness (QED) is 0.887. The number of nitrogens with one attached hydrogen (secondary N) is 1. The molecular weight excluding hydrogens is 247 g/mol. The minimum absolute atomic E-state index is 0.0147. The Bertz CT molecular complexity index is 496. The van der Waals surface area contributed by atoms with Crippen molar-refractivity contribution < 1.29 is 13.9 Å². The number of ether oxygens (including phenoxy) is 1. The number of benzene rings is 1. The largest absolute Gasteiger partial charge is 0.481 e. The van der Waals surface area contributed by atoms with Crippen LogP contribution in [-0.4, -0.2) is 18.1 Å². The van der Waals surface area contributed by atoms with E-state index in [9.17, 15) is 9.18 Å². The highest BCUT2D eigenvalue weighted by Gasteiger charge is 2.30. The van der Waals surface area contributed by atoms with E-state index in [1.54, 1.807) is 13.0 Å². The van der Waals surface area contributed by atoms with Gasteiger partial charge in [-0.3, -0.25) is 4.79 Å². The van der Waals surface area contributed by atoms with E-state index in [4.69, 9.17) is 10.00 Å². The third-order valence-corrected chi connectivity index (χ3v) is 2.98. The van der Waals surface area contributed by atoms with Crippen LogP contribution < -0.4 is 10.1 Å². The average Bonchev–Trinajstić information content (AvgIpc) is 2.37. The summed E-state index contributed by atoms with van der Waals surface area (Å²) >= 11 is 0. The van der Waals surface area contributed by atoms with Crippen LogP contribution in [0.25, 0.3) is 0 Å². The van der Waals surface area contributed by atoms with Crippen molar-refractivity contribution in [1.82, 2.24) is 5.32 Å². The van der Waals surface area contributed by atoms with Crippen LogP contribution in [0.15, 0.2) is 24.3 Å². The second-order valence-corrected chi connectivity index (χ2v) is 4.74. The number of amides is 1. The highest BCUT2D eigenvalue weighted by molar-refractivity contribution is 5.78. The Labute approximate surface area is 112 Å². The van der Waals surface area contributed by atoms with Gasteiger partial charge < -0.3 is 10.1 Å². The predicted octanol–water partition coefficient (Wildman–Crippen LogP) is 2.26. The molecule has 0 bridgehead atoms. The van der Waals surface area contributed by atoms with Crippen molar-refractivity contribution in [3.05, 3.63) is 30.1 Å². The summed E-state index contributed by atoms with van der Waals surface area (Å²) in [6, 6.07) is 7.90. The van der Waals surface area contributed by atoms with E-state index >= 15 is 0 Å². The van der Waals surface area contributed by atoms with Crippen molar-refractivity contribution in [2.75, 3.05) is 6.61 Å². The molecule has 1 rings (SSSR count). The number of carbonyl (C=O) groups excluding carboxylic acids is 1. The molecular formula is C14H17FN2O2. The van der Waals surface area contributed by atoms with Gasteiger partial charge in [-0.05, 0) is 25.0 Å². The van der Waals surface area contributed by atoms with Crippen molar-refractivity contribution in [3.63, 3.8) is 0 Å². The van der Waals surface area contributed by atoms with E-state index < -0.39 is 17.3 Å². The molecule has 1 amide bonds. The molecule has 1 atom stereocenters. The fourth-order valence-electron chi connectivity index (χ4n) is 1.33. The van der Waals surface area contributed by atoms with Crippen molar-refractivity contribution >= 4 is 5.91 Å². The van der Waals surface area contributed by atoms with Crippen molar-refractivity contribution in [1.29, 1.82) is 5.26 Å². The number of hydrogen-bond donors (Lipinski definition) is 1. The molecule has 0 aliphatic heterocycles. The number of nitrogens with zero attached hydrogens (tertiary/aromatic N) is 1. The summed E-state index contributed by atoms with van der Waals surface area (Å²) in [5.41, 5.74) is -0.963. The Hall–Kier alpha value is -2.09. The number of para-hydroxylation sites is 1. The van der Waals surface area contributed by atoms with Crippen LogP contribution in [0, 0.1) is 23.1 Å². The van der Waals surface area contributed by atoms with Crippen LogP contribution in [-0.2, 0) is 4.79 Å².